The van der Waals surface area contributed by atoms with E-state index in [1.807, 2.05) is 0 Å². The lowest BCUT2D eigenvalue weighted by Crippen LogP contribution is -2.47. The Balaban J connectivity index is 2.34. The fourth-order valence-corrected chi connectivity index (χ4v) is 1.46. The maximum Gasteiger partial charge on any atom is 0.0624 e. The summed E-state index contributed by atoms with van der Waals surface area (Å²) in [6, 6.07) is 0.758. The van der Waals surface area contributed by atoms with Crippen LogP contribution >= 0.6 is 0 Å². The third-order valence-corrected chi connectivity index (χ3v) is 3.09. The van der Waals surface area contributed by atoms with Crippen molar-refractivity contribution in [1.82, 2.24) is 5.32 Å². The van der Waals surface area contributed by atoms with Gasteiger partial charge in [0.1, 0.15) is 0 Å². The largest absolute Gasteiger partial charge is 0.379 e. The van der Waals surface area contributed by atoms with E-state index in [9.17, 15) is 0 Å². The first-order valence-electron chi connectivity index (χ1n) is 5.15. The first kappa shape index (κ1) is 11.0. The van der Waals surface area contributed by atoms with Crippen LogP contribution in [0.15, 0.2) is 0 Å². The molecule has 1 aliphatic heterocycles. The van der Waals surface area contributed by atoms with Crippen LogP contribution in [-0.2, 0) is 4.74 Å². The summed E-state index contributed by atoms with van der Waals surface area (Å²) < 4.78 is 5.37. The van der Waals surface area contributed by atoms with Crippen LogP contribution in [0.1, 0.15) is 27.2 Å². The smallest absolute Gasteiger partial charge is 0.0624 e. The highest BCUT2D eigenvalue weighted by atomic mass is 16.5. The van der Waals surface area contributed by atoms with Crippen LogP contribution in [0.5, 0.6) is 0 Å². The van der Waals surface area contributed by atoms with Gasteiger partial charge in [-0.2, -0.15) is 0 Å². The lowest BCUT2D eigenvalue weighted by atomic mass is 9.85. The number of ether oxygens (including phenoxy) is 1. The molecule has 0 aromatic heterocycles. The second kappa shape index (κ2) is 4.40. The van der Waals surface area contributed by atoms with Crippen LogP contribution in [0.3, 0.4) is 0 Å². The number of nitrogens with two attached hydrogens (primary N) is 1. The van der Waals surface area contributed by atoms with E-state index < -0.39 is 0 Å². The minimum Gasteiger partial charge on any atom is -0.379 e. The van der Waals surface area contributed by atoms with E-state index >= 15 is 0 Å². The summed E-state index contributed by atoms with van der Waals surface area (Å²) in [5, 5.41) is 3.49. The molecule has 78 valence electrons. The molecule has 1 fully saturated rings. The van der Waals surface area contributed by atoms with Crippen molar-refractivity contribution in [2.45, 2.75) is 39.3 Å². The van der Waals surface area contributed by atoms with E-state index in [0.717, 1.165) is 19.6 Å². The Morgan fingerprint density at radius 1 is 1.69 bits per heavy atom. The molecule has 1 aliphatic rings. The van der Waals surface area contributed by atoms with E-state index in [-0.39, 0.29) is 11.5 Å². The van der Waals surface area contributed by atoms with Gasteiger partial charge in [-0.05, 0) is 13.3 Å². The Hall–Kier alpha value is -0.120. The second-order valence-corrected chi connectivity index (χ2v) is 4.47. The van der Waals surface area contributed by atoms with Crippen LogP contribution < -0.4 is 11.1 Å². The van der Waals surface area contributed by atoms with Gasteiger partial charge in [0, 0.05) is 24.0 Å². The Morgan fingerprint density at radius 2 is 2.38 bits per heavy atom. The molecule has 1 rings (SSSR count). The molecular weight excluding hydrogens is 164 g/mol. The van der Waals surface area contributed by atoms with E-state index in [0.29, 0.717) is 12.6 Å². The zero-order valence-electron chi connectivity index (χ0n) is 8.97. The summed E-state index contributed by atoms with van der Waals surface area (Å²) in [6.07, 6.45) is 1.16. The zero-order chi connectivity index (χ0) is 9.90. The summed E-state index contributed by atoms with van der Waals surface area (Å²) in [7, 11) is 0. The van der Waals surface area contributed by atoms with Gasteiger partial charge in [-0.15, -0.1) is 0 Å². The lowest BCUT2D eigenvalue weighted by molar-refractivity contribution is 0.156. The van der Waals surface area contributed by atoms with Gasteiger partial charge in [0.2, 0.25) is 0 Å². The van der Waals surface area contributed by atoms with Crippen LogP contribution in [0, 0.1) is 5.41 Å². The van der Waals surface area contributed by atoms with Crippen LogP contribution in [0.4, 0.5) is 0 Å². The molecule has 1 heterocycles. The fraction of sp³-hybridized carbons (Fsp3) is 1.00. The van der Waals surface area contributed by atoms with E-state index in [1.165, 1.54) is 0 Å². The highest BCUT2D eigenvalue weighted by Gasteiger charge is 2.37. The van der Waals surface area contributed by atoms with E-state index in [4.69, 9.17) is 10.5 Å². The van der Waals surface area contributed by atoms with Gasteiger partial charge in [-0.25, -0.2) is 0 Å². The number of rotatable bonds is 4. The van der Waals surface area contributed by atoms with Crippen LogP contribution in [-0.4, -0.2) is 31.8 Å². The molecule has 0 aromatic carbocycles. The summed E-state index contributed by atoms with van der Waals surface area (Å²) in [5.74, 6) is 0. The minimum absolute atomic E-state index is 0.128. The van der Waals surface area contributed by atoms with Gasteiger partial charge >= 0.3 is 0 Å². The number of nitrogens with one attached hydrogen (secondary N) is 1. The molecule has 0 saturated carbocycles. The van der Waals surface area contributed by atoms with Crippen LogP contribution in [0.25, 0.3) is 0 Å². The molecule has 1 saturated heterocycles. The predicted octanol–water partition coefficient (Wildman–Crippen LogP) is 0.738. The molecule has 13 heavy (non-hydrogen) atoms. The summed E-state index contributed by atoms with van der Waals surface area (Å²) in [5.41, 5.74) is 6.10. The second-order valence-electron chi connectivity index (χ2n) is 4.47. The highest BCUT2D eigenvalue weighted by molar-refractivity contribution is 4.92. The standard InChI is InChI=1S/C10H22N2O/c1-4-8(2)12-6-10(3)7-13-5-9(10)11/h8-9,12H,4-7,11H2,1-3H3. The van der Waals surface area contributed by atoms with Crippen LogP contribution in [0.2, 0.25) is 0 Å². The van der Waals surface area contributed by atoms with Gasteiger partial charge < -0.3 is 15.8 Å². The number of hydrogen-bond acceptors (Lipinski definition) is 3. The maximum atomic E-state index is 5.98. The van der Waals surface area contributed by atoms with E-state index in [2.05, 4.69) is 26.1 Å². The molecule has 0 aliphatic carbocycles. The zero-order valence-corrected chi connectivity index (χ0v) is 8.97. The Kier molecular flexibility index (Phi) is 3.71. The first-order valence-corrected chi connectivity index (χ1v) is 5.15. The highest BCUT2D eigenvalue weighted by Crippen LogP contribution is 2.25. The van der Waals surface area contributed by atoms with Crippen molar-refractivity contribution < 1.29 is 4.74 Å². The average Bonchev–Trinajstić information content (AvgIpc) is 2.44. The van der Waals surface area contributed by atoms with Crippen molar-refractivity contribution in [2.24, 2.45) is 11.1 Å². The fourth-order valence-electron chi connectivity index (χ4n) is 1.46. The first-order chi connectivity index (χ1) is 6.08. The Morgan fingerprint density at radius 3 is 2.85 bits per heavy atom. The SMILES string of the molecule is CCC(C)NCC1(C)COCC1N. The molecule has 3 nitrogen and oxygen atoms in total. The van der Waals surface area contributed by atoms with Gasteiger partial charge in [0.05, 0.1) is 13.2 Å². The van der Waals surface area contributed by atoms with Gasteiger partial charge in [-0.3, -0.25) is 0 Å². The molecule has 0 amide bonds. The van der Waals surface area contributed by atoms with Crippen molar-refractivity contribution in [3.63, 3.8) is 0 Å². The molecule has 0 spiro atoms. The topological polar surface area (TPSA) is 47.3 Å². The average molecular weight is 186 g/mol. The Labute approximate surface area is 81.0 Å². The summed E-state index contributed by atoms with van der Waals surface area (Å²) >= 11 is 0. The predicted molar refractivity (Wildman–Crippen MR) is 54.7 cm³/mol. The van der Waals surface area contributed by atoms with Crippen molar-refractivity contribution in [2.75, 3.05) is 19.8 Å². The normalized spacial score (nSPS) is 36.5. The lowest BCUT2D eigenvalue weighted by Gasteiger charge is -2.28. The minimum atomic E-state index is 0.128. The van der Waals surface area contributed by atoms with Gasteiger partial charge in [-0.1, -0.05) is 13.8 Å². The molecule has 0 radical (unpaired) electrons. The Bertz CT molecular complexity index is 163. The van der Waals surface area contributed by atoms with Crippen molar-refractivity contribution >= 4 is 0 Å². The third kappa shape index (κ3) is 2.66. The van der Waals surface area contributed by atoms with Crippen molar-refractivity contribution in [3.05, 3.63) is 0 Å². The molecule has 3 heteroatoms. The molecule has 3 unspecified atom stereocenters. The van der Waals surface area contributed by atoms with Gasteiger partial charge in [0.15, 0.2) is 0 Å². The molecule has 3 atom stereocenters. The monoisotopic (exact) mass is 186 g/mol. The van der Waals surface area contributed by atoms with Crippen molar-refractivity contribution in [1.29, 1.82) is 0 Å². The summed E-state index contributed by atoms with van der Waals surface area (Å²) in [6.45, 7) is 9.04. The van der Waals surface area contributed by atoms with E-state index in [1.54, 1.807) is 0 Å². The molecule has 0 bridgehead atoms. The third-order valence-electron chi connectivity index (χ3n) is 3.09. The number of hydrogen-bond donors (Lipinski definition) is 2. The molecule has 3 N–H and O–H groups in total. The quantitative estimate of drug-likeness (QED) is 0.680. The van der Waals surface area contributed by atoms with Gasteiger partial charge in [0.25, 0.3) is 0 Å². The summed E-state index contributed by atoms with van der Waals surface area (Å²) in [4.78, 5) is 0. The molecule has 0 aromatic rings. The maximum absolute atomic E-state index is 5.98. The molecular formula is C10H22N2O. The van der Waals surface area contributed by atoms with Crippen molar-refractivity contribution in [3.8, 4) is 0 Å².